The molecule has 0 radical (unpaired) electrons. The molecular weight excluding hydrogens is 357 g/mol. The van der Waals surface area contributed by atoms with Crippen molar-refractivity contribution in [2.45, 2.75) is 6.54 Å². The minimum Gasteiger partial charge on any atom is -0.363 e. The molecule has 3 heterocycles. The minimum absolute atomic E-state index is 0.0978. The lowest BCUT2D eigenvalue weighted by Crippen LogP contribution is -2.21. The molecule has 0 unspecified atom stereocenters. The van der Waals surface area contributed by atoms with Crippen molar-refractivity contribution >= 4 is 16.9 Å². The van der Waals surface area contributed by atoms with Crippen molar-refractivity contribution in [3.63, 3.8) is 0 Å². The number of nitrogens with zero attached hydrogens (tertiary/aromatic N) is 5. The molecule has 0 aliphatic heterocycles. The second-order valence-corrected chi connectivity index (χ2v) is 6.66. The Kier molecular flexibility index (Phi) is 4.57. The Hall–Kier alpha value is -3.61. The molecule has 0 bridgehead atoms. The van der Waals surface area contributed by atoms with E-state index < -0.39 is 0 Å². The number of hydrogen-bond donors (Lipinski definition) is 0. The van der Waals surface area contributed by atoms with Gasteiger partial charge in [0.15, 0.2) is 5.65 Å². The summed E-state index contributed by atoms with van der Waals surface area (Å²) in [5, 5.41) is 0.411. The van der Waals surface area contributed by atoms with Crippen molar-refractivity contribution in [1.29, 1.82) is 0 Å². The van der Waals surface area contributed by atoms with E-state index in [4.69, 9.17) is 0 Å². The normalized spacial score (nSPS) is 11.0. The predicted molar refractivity (Wildman–Crippen MR) is 107 cm³/mol. The van der Waals surface area contributed by atoms with Crippen LogP contribution in [0.4, 0.5) is 10.2 Å². The number of halogens is 1. The Morgan fingerprint density at radius 1 is 1.04 bits per heavy atom. The first-order valence-electron chi connectivity index (χ1n) is 8.75. The van der Waals surface area contributed by atoms with Crippen LogP contribution < -0.4 is 10.5 Å². The molecule has 4 aromatic rings. The molecule has 0 N–H and O–H groups in total. The number of aromatic nitrogens is 4. The van der Waals surface area contributed by atoms with E-state index in [1.807, 2.05) is 37.2 Å². The van der Waals surface area contributed by atoms with E-state index in [-0.39, 0.29) is 17.9 Å². The molecule has 0 atom stereocenters. The van der Waals surface area contributed by atoms with Crippen LogP contribution in [-0.4, -0.2) is 33.6 Å². The van der Waals surface area contributed by atoms with Crippen molar-refractivity contribution in [3.8, 4) is 11.1 Å². The molecule has 28 heavy (non-hydrogen) atoms. The van der Waals surface area contributed by atoms with Gasteiger partial charge in [-0.25, -0.2) is 19.3 Å². The van der Waals surface area contributed by atoms with Gasteiger partial charge in [0.05, 0.1) is 11.9 Å². The lowest BCUT2D eigenvalue weighted by Gasteiger charge is -2.12. The SMILES string of the molecule is CN(C)c1ccc(-c2ccc(Cn3cnc4ncccc4c3=O)c(F)c2)cn1. The monoisotopic (exact) mass is 375 g/mol. The lowest BCUT2D eigenvalue weighted by atomic mass is 10.0. The molecule has 0 amide bonds. The van der Waals surface area contributed by atoms with E-state index in [2.05, 4.69) is 15.0 Å². The quantitative estimate of drug-likeness (QED) is 0.548. The first-order chi connectivity index (χ1) is 13.5. The second kappa shape index (κ2) is 7.19. The zero-order valence-corrected chi connectivity index (χ0v) is 15.5. The standard InChI is InChI=1S/C21H18FN5O/c1-26(2)19-8-7-15(11-24-19)14-5-6-16(18(22)10-14)12-27-13-25-20-17(21(27)28)4-3-9-23-20/h3-11,13H,12H2,1-2H3. The first kappa shape index (κ1) is 17.8. The Labute approximate surface area is 160 Å². The number of benzene rings is 1. The fourth-order valence-electron chi connectivity index (χ4n) is 2.97. The van der Waals surface area contributed by atoms with Gasteiger partial charge in [-0.05, 0) is 35.9 Å². The Morgan fingerprint density at radius 2 is 1.86 bits per heavy atom. The highest BCUT2D eigenvalue weighted by Gasteiger charge is 2.10. The Balaban J connectivity index is 1.63. The number of pyridine rings is 2. The Bertz CT molecular complexity index is 1200. The average molecular weight is 375 g/mol. The smallest absolute Gasteiger partial charge is 0.263 e. The maximum absolute atomic E-state index is 14.7. The maximum Gasteiger partial charge on any atom is 0.263 e. The molecule has 140 valence electrons. The van der Waals surface area contributed by atoms with Gasteiger partial charge in [-0.15, -0.1) is 0 Å². The van der Waals surface area contributed by atoms with Crippen molar-refractivity contribution in [2.24, 2.45) is 0 Å². The molecule has 0 fully saturated rings. The molecule has 3 aromatic heterocycles. The molecule has 1 aromatic carbocycles. The third-order valence-corrected chi connectivity index (χ3v) is 4.53. The van der Waals surface area contributed by atoms with E-state index >= 15 is 0 Å². The molecule has 4 rings (SSSR count). The molecule has 7 heteroatoms. The molecule has 0 aliphatic carbocycles. The van der Waals surface area contributed by atoms with Crippen LogP contribution in [0.15, 0.2) is 66.0 Å². The number of anilines is 1. The zero-order valence-electron chi connectivity index (χ0n) is 15.5. The van der Waals surface area contributed by atoms with Crippen LogP contribution in [0.2, 0.25) is 0 Å². The molecule has 6 nitrogen and oxygen atoms in total. The average Bonchev–Trinajstić information content (AvgIpc) is 2.71. The summed E-state index contributed by atoms with van der Waals surface area (Å²) in [7, 11) is 3.83. The lowest BCUT2D eigenvalue weighted by molar-refractivity contribution is 0.595. The number of hydrogen-bond acceptors (Lipinski definition) is 5. The molecule has 0 aliphatic rings. The largest absolute Gasteiger partial charge is 0.363 e. The summed E-state index contributed by atoms with van der Waals surface area (Å²) in [6, 6.07) is 12.1. The number of fused-ring (bicyclic) bond motifs is 1. The van der Waals surface area contributed by atoms with E-state index in [0.717, 1.165) is 16.9 Å². The van der Waals surface area contributed by atoms with Crippen LogP contribution in [0.25, 0.3) is 22.2 Å². The minimum atomic E-state index is -0.382. The van der Waals surface area contributed by atoms with Crippen molar-refractivity contribution in [2.75, 3.05) is 19.0 Å². The molecule has 0 saturated carbocycles. The first-order valence-corrected chi connectivity index (χ1v) is 8.75. The van der Waals surface area contributed by atoms with Crippen LogP contribution in [0.1, 0.15) is 5.56 Å². The van der Waals surface area contributed by atoms with Gasteiger partial charge >= 0.3 is 0 Å². The van der Waals surface area contributed by atoms with Crippen LogP contribution in [0.5, 0.6) is 0 Å². The summed E-state index contributed by atoms with van der Waals surface area (Å²) >= 11 is 0. The highest BCUT2D eigenvalue weighted by molar-refractivity contribution is 5.72. The third-order valence-electron chi connectivity index (χ3n) is 4.53. The van der Waals surface area contributed by atoms with Gasteiger partial charge in [-0.1, -0.05) is 12.1 Å². The molecule has 0 spiro atoms. The van der Waals surface area contributed by atoms with E-state index in [9.17, 15) is 9.18 Å². The number of rotatable bonds is 4. The van der Waals surface area contributed by atoms with Crippen molar-refractivity contribution < 1.29 is 4.39 Å². The van der Waals surface area contributed by atoms with E-state index in [1.54, 1.807) is 30.6 Å². The summed E-state index contributed by atoms with van der Waals surface area (Å²) in [5.41, 5.74) is 2.10. The van der Waals surface area contributed by atoms with Crippen molar-refractivity contribution in [1.82, 2.24) is 19.5 Å². The zero-order chi connectivity index (χ0) is 19.7. The van der Waals surface area contributed by atoms with Gasteiger partial charge in [-0.3, -0.25) is 9.36 Å². The highest BCUT2D eigenvalue weighted by Crippen LogP contribution is 2.23. The molecule has 0 saturated heterocycles. The van der Waals surface area contributed by atoms with Gasteiger partial charge in [-0.2, -0.15) is 0 Å². The summed E-state index contributed by atoms with van der Waals surface area (Å²) < 4.78 is 16.1. The van der Waals surface area contributed by atoms with Crippen LogP contribution in [-0.2, 0) is 6.54 Å². The Morgan fingerprint density at radius 3 is 2.57 bits per heavy atom. The fourth-order valence-corrected chi connectivity index (χ4v) is 2.97. The van der Waals surface area contributed by atoms with Gasteiger partial charge in [0.1, 0.15) is 18.0 Å². The van der Waals surface area contributed by atoms with Gasteiger partial charge in [0.25, 0.3) is 5.56 Å². The van der Waals surface area contributed by atoms with Gasteiger partial charge in [0.2, 0.25) is 0 Å². The van der Waals surface area contributed by atoms with Gasteiger partial charge < -0.3 is 4.90 Å². The topological polar surface area (TPSA) is 63.9 Å². The summed E-state index contributed by atoms with van der Waals surface area (Å²) in [6.07, 6.45) is 4.70. The van der Waals surface area contributed by atoms with Crippen molar-refractivity contribution in [3.05, 3.63) is 82.9 Å². The summed E-state index contributed by atoms with van der Waals surface area (Å²) in [4.78, 5) is 27.1. The van der Waals surface area contributed by atoms with E-state index in [0.29, 0.717) is 16.6 Å². The molecular formula is C21H18FN5O. The second-order valence-electron chi connectivity index (χ2n) is 6.66. The fraction of sp³-hybridized carbons (Fsp3) is 0.143. The highest BCUT2D eigenvalue weighted by atomic mass is 19.1. The third kappa shape index (κ3) is 3.34. The van der Waals surface area contributed by atoms with Crippen LogP contribution >= 0.6 is 0 Å². The van der Waals surface area contributed by atoms with E-state index in [1.165, 1.54) is 17.0 Å². The maximum atomic E-state index is 14.7. The van der Waals surface area contributed by atoms with Crippen LogP contribution in [0.3, 0.4) is 0 Å². The predicted octanol–water partition coefficient (Wildman–Crippen LogP) is 3.11. The van der Waals surface area contributed by atoms with Crippen LogP contribution in [0, 0.1) is 5.82 Å². The summed E-state index contributed by atoms with van der Waals surface area (Å²) in [5.74, 6) is 0.450. The van der Waals surface area contributed by atoms with Gasteiger partial charge in [0, 0.05) is 37.6 Å². The summed E-state index contributed by atoms with van der Waals surface area (Å²) in [6.45, 7) is 0.0978.